The molecule has 170 valence electrons. The molecule has 6 nitrogen and oxygen atoms in total. The van der Waals surface area contributed by atoms with Crippen LogP contribution in [0.2, 0.25) is 5.02 Å². The molecule has 1 saturated heterocycles. The number of aromatic nitrogens is 3. The molecule has 1 aliphatic heterocycles. The van der Waals surface area contributed by atoms with Crippen LogP contribution in [0.3, 0.4) is 0 Å². The van der Waals surface area contributed by atoms with Gasteiger partial charge in [0.15, 0.2) is 10.8 Å². The predicted molar refractivity (Wildman–Crippen MR) is 131 cm³/mol. The van der Waals surface area contributed by atoms with Crippen molar-refractivity contribution in [2.75, 3.05) is 23.3 Å². The standard InChI is InChI=1S/C24H23ClFN5OS/c1-14-8-9-20(19(25)11-14)27-23(32)16-5-4-10-30(13-16)24-28-22-21(33-24)15(2)29-31(22)18-7-3-6-17(26)12-18/h3,6-9,11-12,16H,4-5,10,13H2,1-2H3,(H,27,32). The van der Waals surface area contributed by atoms with E-state index >= 15 is 0 Å². The molecule has 2 aromatic carbocycles. The van der Waals surface area contributed by atoms with Crippen molar-refractivity contribution < 1.29 is 9.18 Å². The number of hydrogen-bond acceptors (Lipinski definition) is 5. The molecule has 0 saturated carbocycles. The molecule has 4 aromatic rings. The summed E-state index contributed by atoms with van der Waals surface area (Å²) in [4.78, 5) is 20.0. The van der Waals surface area contributed by atoms with Crippen LogP contribution in [-0.4, -0.2) is 33.8 Å². The Morgan fingerprint density at radius 3 is 2.88 bits per heavy atom. The Morgan fingerprint density at radius 1 is 1.24 bits per heavy atom. The minimum Gasteiger partial charge on any atom is -0.347 e. The van der Waals surface area contributed by atoms with Gasteiger partial charge >= 0.3 is 0 Å². The quantitative estimate of drug-likeness (QED) is 0.401. The molecule has 0 spiro atoms. The molecule has 33 heavy (non-hydrogen) atoms. The summed E-state index contributed by atoms with van der Waals surface area (Å²) in [6.07, 6.45) is 1.71. The topological polar surface area (TPSA) is 63.1 Å². The number of fused-ring (bicyclic) bond motifs is 1. The van der Waals surface area contributed by atoms with Crippen molar-refractivity contribution in [2.24, 2.45) is 5.92 Å². The minimum absolute atomic E-state index is 0.0336. The summed E-state index contributed by atoms with van der Waals surface area (Å²) in [7, 11) is 0. The molecule has 3 heterocycles. The van der Waals surface area contributed by atoms with E-state index in [2.05, 4.69) is 15.3 Å². The van der Waals surface area contributed by atoms with Gasteiger partial charge in [-0.25, -0.2) is 9.07 Å². The molecule has 1 atom stereocenters. The summed E-state index contributed by atoms with van der Waals surface area (Å²) < 4.78 is 16.4. The maximum absolute atomic E-state index is 13.8. The van der Waals surface area contributed by atoms with Gasteiger partial charge in [-0.1, -0.05) is 35.1 Å². The summed E-state index contributed by atoms with van der Waals surface area (Å²) in [5.74, 6) is -0.513. The van der Waals surface area contributed by atoms with Crippen molar-refractivity contribution in [1.82, 2.24) is 14.8 Å². The van der Waals surface area contributed by atoms with Gasteiger partial charge in [0.1, 0.15) is 5.82 Å². The van der Waals surface area contributed by atoms with Crippen molar-refractivity contribution in [3.05, 3.63) is 64.6 Å². The lowest BCUT2D eigenvalue weighted by molar-refractivity contribution is -0.120. The highest BCUT2D eigenvalue weighted by molar-refractivity contribution is 7.22. The molecule has 1 N–H and O–H groups in total. The molecular weight excluding hydrogens is 461 g/mol. The predicted octanol–water partition coefficient (Wildman–Crippen LogP) is 5.75. The molecule has 9 heteroatoms. The number of halogens is 2. The van der Waals surface area contributed by atoms with Crippen LogP contribution >= 0.6 is 22.9 Å². The number of nitrogens with one attached hydrogen (secondary N) is 1. The molecule has 0 aliphatic carbocycles. The number of carbonyl (C=O) groups excluding carboxylic acids is 1. The van der Waals surface area contributed by atoms with E-state index in [9.17, 15) is 9.18 Å². The first-order chi connectivity index (χ1) is 15.9. The fourth-order valence-corrected chi connectivity index (χ4v) is 5.47. The molecular formula is C24H23ClFN5OS. The van der Waals surface area contributed by atoms with E-state index in [1.807, 2.05) is 38.1 Å². The van der Waals surface area contributed by atoms with Gasteiger partial charge in [0.2, 0.25) is 5.91 Å². The highest BCUT2D eigenvalue weighted by atomic mass is 35.5. The van der Waals surface area contributed by atoms with Crippen LogP contribution in [-0.2, 0) is 4.79 Å². The van der Waals surface area contributed by atoms with Crippen molar-refractivity contribution in [3.8, 4) is 5.69 Å². The van der Waals surface area contributed by atoms with E-state index in [-0.39, 0.29) is 17.6 Å². The number of carbonyl (C=O) groups is 1. The molecule has 5 rings (SSSR count). The Hall–Kier alpha value is -2.97. The third-order valence-electron chi connectivity index (χ3n) is 5.88. The Morgan fingerprint density at radius 2 is 2.09 bits per heavy atom. The third-order valence-corrected chi connectivity index (χ3v) is 7.40. The summed E-state index contributed by atoms with van der Waals surface area (Å²) in [5.41, 5.74) is 3.87. The number of nitrogens with zero attached hydrogens (tertiary/aromatic N) is 4. The van der Waals surface area contributed by atoms with E-state index in [0.29, 0.717) is 28.6 Å². The fraction of sp³-hybridized carbons (Fsp3) is 0.292. The zero-order valence-corrected chi connectivity index (χ0v) is 19.9. The monoisotopic (exact) mass is 483 g/mol. The van der Waals surface area contributed by atoms with Crippen LogP contribution in [0.5, 0.6) is 0 Å². The van der Waals surface area contributed by atoms with E-state index in [1.165, 1.54) is 12.1 Å². The highest BCUT2D eigenvalue weighted by Gasteiger charge is 2.29. The first kappa shape index (κ1) is 21.9. The SMILES string of the molecule is Cc1ccc(NC(=O)C2CCCN(c3nc4c(s3)c(C)nn4-c3cccc(F)c3)C2)c(Cl)c1. The van der Waals surface area contributed by atoms with Gasteiger partial charge in [0, 0.05) is 13.1 Å². The maximum Gasteiger partial charge on any atom is 0.229 e. The zero-order chi connectivity index (χ0) is 23.1. The van der Waals surface area contributed by atoms with Gasteiger partial charge in [-0.2, -0.15) is 10.1 Å². The second-order valence-electron chi connectivity index (χ2n) is 8.38. The van der Waals surface area contributed by atoms with E-state index < -0.39 is 0 Å². The first-order valence-corrected chi connectivity index (χ1v) is 12.0. The number of rotatable bonds is 4. The van der Waals surface area contributed by atoms with Gasteiger partial charge in [0.05, 0.1) is 32.7 Å². The van der Waals surface area contributed by atoms with Crippen molar-refractivity contribution in [3.63, 3.8) is 0 Å². The largest absolute Gasteiger partial charge is 0.347 e. The Labute approximate surface area is 200 Å². The van der Waals surface area contributed by atoms with Crippen LogP contribution in [0.15, 0.2) is 42.5 Å². The number of amides is 1. The Bertz CT molecular complexity index is 1350. The first-order valence-electron chi connectivity index (χ1n) is 10.8. The number of anilines is 2. The molecule has 2 aromatic heterocycles. The smallest absolute Gasteiger partial charge is 0.229 e. The Balaban J connectivity index is 1.37. The maximum atomic E-state index is 13.8. The van der Waals surface area contributed by atoms with E-state index in [0.717, 1.165) is 40.5 Å². The number of piperidine rings is 1. The molecule has 1 fully saturated rings. The van der Waals surface area contributed by atoms with Gasteiger partial charge in [-0.3, -0.25) is 4.79 Å². The van der Waals surface area contributed by atoms with Gasteiger partial charge in [0.25, 0.3) is 0 Å². The Kier molecular flexibility index (Phi) is 5.80. The molecule has 1 amide bonds. The molecule has 1 aliphatic rings. The van der Waals surface area contributed by atoms with E-state index in [4.69, 9.17) is 16.6 Å². The lowest BCUT2D eigenvalue weighted by Crippen LogP contribution is -2.40. The fourth-order valence-electron chi connectivity index (χ4n) is 4.17. The summed E-state index contributed by atoms with van der Waals surface area (Å²) in [6.45, 7) is 5.30. The van der Waals surface area contributed by atoms with Crippen molar-refractivity contribution in [1.29, 1.82) is 0 Å². The van der Waals surface area contributed by atoms with Crippen molar-refractivity contribution in [2.45, 2.75) is 26.7 Å². The number of hydrogen-bond donors (Lipinski definition) is 1. The number of thiazole rings is 1. The molecule has 1 unspecified atom stereocenters. The lowest BCUT2D eigenvalue weighted by atomic mass is 9.97. The van der Waals surface area contributed by atoms with Crippen LogP contribution in [0, 0.1) is 25.6 Å². The number of benzene rings is 2. The van der Waals surface area contributed by atoms with Crippen LogP contribution in [0.25, 0.3) is 16.0 Å². The van der Waals surface area contributed by atoms with Gasteiger partial charge in [-0.05, 0) is 62.6 Å². The summed E-state index contributed by atoms with van der Waals surface area (Å²) in [6, 6.07) is 11.9. The second kappa shape index (κ2) is 8.76. The lowest BCUT2D eigenvalue weighted by Gasteiger charge is -2.31. The normalized spacial score (nSPS) is 16.4. The average Bonchev–Trinajstić information content (AvgIpc) is 3.36. The van der Waals surface area contributed by atoms with Crippen LogP contribution in [0.1, 0.15) is 24.1 Å². The van der Waals surface area contributed by atoms with Crippen LogP contribution in [0.4, 0.5) is 15.2 Å². The van der Waals surface area contributed by atoms with Crippen molar-refractivity contribution >= 4 is 50.0 Å². The van der Waals surface area contributed by atoms with Crippen LogP contribution < -0.4 is 10.2 Å². The minimum atomic E-state index is -0.317. The third kappa shape index (κ3) is 4.32. The summed E-state index contributed by atoms with van der Waals surface area (Å²) >= 11 is 7.85. The zero-order valence-electron chi connectivity index (χ0n) is 18.3. The molecule has 0 radical (unpaired) electrons. The molecule has 0 bridgehead atoms. The highest BCUT2D eigenvalue weighted by Crippen LogP contribution is 2.35. The number of aryl methyl sites for hydroxylation is 2. The average molecular weight is 484 g/mol. The summed E-state index contributed by atoms with van der Waals surface area (Å²) in [5, 5.41) is 8.93. The van der Waals surface area contributed by atoms with Gasteiger partial charge in [-0.15, -0.1) is 0 Å². The van der Waals surface area contributed by atoms with Gasteiger partial charge < -0.3 is 10.2 Å². The second-order valence-corrected chi connectivity index (χ2v) is 9.77. The van der Waals surface area contributed by atoms with E-state index in [1.54, 1.807) is 22.1 Å².